The summed E-state index contributed by atoms with van der Waals surface area (Å²) in [5, 5.41) is 2.84. The molecule has 3 N–H and O–H groups in total. The molecule has 2 atom stereocenters. The number of benzene rings is 1. The molecule has 2 aliphatic rings. The van der Waals surface area contributed by atoms with Crippen LogP contribution in [-0.4, -0.2) is 19.1 Å². The van der Waals surface area contributed by atoms with Crippen LogP contribution >= 0.6 is 0 Å². The lowest BCUT2D eigenvalue weighted by Gasteiger charge is -2.28. The number of carbonyl (C=O) groups is 1. The second-order valence-corrected chi connectivity index (χ2v) is 5.14. The fraction of sp³-hybridized carbons (Fsp3) is 0.500. The van der Waals surface area contributed by atoms with Gasteiger partial charge in [-0.25, -0.2) is 0 Å². The monoisotopic (exact) mass is 246 g/mol. The summed E-state index contributed by atoms with van der Waals surface area (Å²) in [6, 6.07) is 6.04. The Kier molecular flexibility index (Phi) is 3.06. The quantitative estimate of drug-likeness (QED) is 0.833. The molecule has 4 nitrogen and oxygen atoms in total. The summed E-state index contributed by atoms with van der Waals surface area (Å²) in [4.78, 5) is 11.3. The number of nitrogens with one attached hydrogen (secondary N) is 1. The van der Waals surface area contributed by atoms with Crippen LogP contribution in [0.5, 0.6) is 0 Å². The van der Waals surface area contributed by atoms with Crippen molar-refractivity contribution in [1.82, 2.24) is 0 Å². The van der Waals surface area contributed by atoms with Crippen molar-refractivity contribution in [2.75, 3.05) is 18.5 Å². The zero-order valence-corrected chi connectivity index (χ0v) is 10.3. The van der Waals surface area contributed by atoms with E-state index in [0.29, 0.717) is 12.3 Å². The first kappa shape index (κ1) is 11.7. The van der Waals surface area contributed by atoms with Gasteiger partial charge in [0.05, 0.1) is 13.0 Å². The van der Waals surface area contributed by atoms with Gasteiger partial charge in [0.15, 0.2) is 0 Å². The predicted molar refractivity (Wildman–Crippen MR) is 69.2 cm³/mol. The summed E-state index contributed by atoms with van der Waals surface area (Å²) in [5.74, 6) is 0.457. The van der Waals surface area contributed by atoms with Crippen LogP contribution in [0.2, 0.25) is 0 Å². The van der Waals surface area contributed by atoms with Gasteiger partial charge in [-0.1, -0.05) is 12.1 Å². The number of amides is 1. The molecule has 1 amide bonds. The Hall–Kier alpha value is -1.39. The van der Waals surface area contributed by atoms with Crippen molar-refractivity contribution in [3.8, 4) is 0 Å². The molecular formula is C14H18N2O2. The van der Waals surface area contributed by atoms with Gasteiger partial charge in [0.25, 0.3) is 0 Å². The van der Waals surface area contributed by atoms with Crippen LogP contribution < -0.4 is 11.1 Å². The maximum absolute atomic E-state index is 11.3. The molecule has 3 rings (SSSR count). The minimum absolute atomic E-state index is 0.00584. The van der Waals surface area contributed by atoms with Gasteiger partial charge in [0.2, 0.25) is 5.91 Å². The summed E-state index contributed by atoms with van der Waals surface area (Å²) in [6.07, 6.45) is 2.68. The largest absolute Gasteiger partial charge is 0.381 e. The van der Waals surface area contributed by atoms with E-state index in [4.69, 9.17) is 10.5 Å². The fourth-order valence-electron chi connectivity index (χ4n) is 2.78. The highest BCUT2D eigenvalue weighted by Crippen LogP contribution is 2.31. The van der Waals surface area contributed by atoms with Gasteiger partial charge in [-0.05, 0) is 30.0 Å². The normalized spacial score (nSPS) is 24.5. The highest BCUT2D eigenvalue weighted by Gasteiger charge is 2.24. The second kappa shape index (κ2) is 4.71. The maximum Gasteiger partial charge on any atom is 0.228 e. The van der Waals surface area contributed by atoms with E-state index in [-0.39, 0.29) is 11.9 Å². The first-order valence-corrected chi connectivity index (χ1v) is 6.50. The van der Waals surface area contributed by atoms with Crippen LogP contribution in [0.25, 0.3) is 0 Å². The Labute approximate surface area is 107 Å². The number of rotatable bonds is 2. The first-order chi connectivity index (χ1) is 8.74. The number of ether oxygens (including phenoxy) is 1. The summed E-state index contributed by atoms with van der Waals surface area (Å²) >= 11 is 0. The Bertz CT molecular complexity index is 467. The van der Waals surface area contributed by atoms with Gasteiger partial charge in [-0.2, -0.15) is 0 Å². The molecule has 96 valence electrons. The van der Waals surface area contributed by atoms with Crippen LogP contribution in [0, 0.1) is 5.92 Å². The molecule has 2 unspecified atom stereocenters. The lowest BCUT2D eigenvalue weighted by atomic mass is 9.88. The smallest absolute Gasteiger partial charge is 0.228 e. The first-order valence-electron chi connectivity index (χ1n) is 6.50. The van der Waals surface area contributed by atoms with Gasteiger partial charge in [0.1, 0.15) is 0 Å². The Balaban J connectivity index is 1.80. The average molecular weight is 246 g/mol. The molecule has 0 aliphatic carbocycles. The third kappa shape index (κ3) is 2.13. The SMILES string of the molecule is NC(c1ccc2c(c1)CC(=O)N2)C1CCCOC1. The number of carbonyl (C=O) groups excluding carboxylic acids is 1. The molecule has 0 aromatic heterocycles. The third-order valence-electron chi connectivity index (χ3n) is 3.84. The van der Waals surface area contributed by atoms with E-state index in [0.717, 1.165) is 42.9 Å². The predicted octanol–water partition coefficient (Wildman–Crippen LogP) is 1.61. The van der Waals surface area contributed by atoms with Gasteiger partial charge >= 0.3 is 0 Å². The molecule has 0 radical (unpaired) electrons. The number of fused-ring (bicyclic) bond motifs is 1. The van der Waals surface area contributed by atoms with E-state index in [9.17, 15) is 4.79 Å². The minimum atomic E-state index is 0.00584. The van der Waals surface area contributed by atoms with Crippen LogP contribution in [-0.2, 0) is 16.0 Å². The number of hydrogen-bond acceptors (Lipinski definition) is 3. The second-order valence-electron chi connectivity index (χ2n) is 5.14. The average Bonchev–Trinajstić information content (AvgIpc) is 2.78. The van der Waals surface area contributed by atoms with E-state index < -0.39 is 0 Å². The standard InChI is InChI=1S/C14H18N2O2/c15-14(10-2-1-5-18-8-10)9-3-4-12-11(6-9)7-13(17)16-12/h3-4,6,10,14H,1-2,5,7-8,15H2,(H,16,17). The highest BCUT2D eigenvalue weighted by molar-refractivity contribution is 5.99. The van der Waals surface area contributed by atoms with Crippen molar-refractivity contribution in [3.63, 3.8) is 0 Å². The Morgan fingerprint density at radius 1 is 1.44 bits per heavy atom. The van der Waals surface area contributed by atoms with Gasteiger partial charge in [-0.3, -0.25) is 4.79 Å². The van der Waals surface area contributed by atoms with E-state index in [1.165, 1.54) is 0 Å². The molecule has 0 saturated carbocycles. The van der Waals surface area contributed by atoms with Crippen molar-refractivity contribution in [2.24, 2.45) is 11.7 Å². The molecule has 1 saturated heterocycles. The minimum Gasteiger partial charge on any atom is -0.381 e. The maximum atomic E-state index is 11.3. The molecular weight excluding hydrogens is 228 g/mol. The molecule has 0 bridgehead atoms. The van der Waals surface area contributed by atoms with Crippen LogP contribution in [0.4, 0.5) is 5.69 Å². The molecule has 1 aromatic carbocycles. The zero-order valence-electron chi connectivity index (χ0n) is 10.3. The van der Waals surface area contributed by atoms with Gasteiger partial charge in [-0.15, -0.1) is 0 Å². The number of hydrogen-bond donors (Lipinski definition) is 2. The van der Waals surface area contributed by atoms with Crippen LogP contribution in [0.3, 0.4) is 0 Å². The van der Waals surface area contributed by atoms with Crippen molar-refractivity contribution in [3.05, 3.63) is 29.3 Å². The lowest BCUT2D eigenvalue weighted by Crippen LogP contribution is -2.29. The molecule has 4 heteroatoms. The number of anilines is 1. The van der Waals surface area contributed by atoms with E-state index in [1.807, 2.05) is 12.1 Å². The number of nitrogens with two attached hydrogens (primary N) is 1. The van der Waals surface area contributed by atoms with Crippen LogP contribution in [0.15, 0.2) is 18.2 Å². The van der Waals surface area contributed by atoms with Crippen molar-refractivity contribution in [1.29, 1.82) is 0 Å². The van der Waals surface area contributed by atoms with E-state index in [1.54, 1.807) is 0 Å². The molecule has 0 spiro atoms. The fourth-order valence-corrected chi connectivity index (χ4v) is 2.78. The van der Waals surface area contributed by atoms with Gasteiger partial charge < -0.3 is 15.8 Å². The van der Waals surface area contributed by atoms with Crippen molar-refractivity contribution < 1.29 is 9.53 Å². The molecule has 1 aromatic rings. The third-order valence-corrected chi connectivity index (χ3v) is 3.84. The summed E-state index contributed by atoms with van der Waals surface area (Å²) in [5.41, 5.74) is 9.41. The van der Waals surface area contributed by atoms with E-state index in [2.05, 4.69) is 11.4 Å². The zero-order chi connectivity index (χ0) is 12.5. The summed E-state index contributed by atoms with van der Waals surface area (Å²) in [7, 11) is 0. The lowest BCUT2D eigenvalue weighted by molar-refractivity contribution is -0.115. The van der Waals surface area contributed by atoms with Crippen molar-refractivity contribution >= 4 is 11.6 Å². The molecule has 2 aliphatic heterocycles. The van der Waals surface area contributed by atoms with Gasteiger partial charge in [0, 0.05) is 24.3 Å². The Morgan fingerprint density at radius 3 is 3.11 bits per heavy atom. The van der Waals surface area contributed by atoms with Crippen molar-refractivity contribution in [2.45, 2.75) is 25.3 Å². The highest BCUT2D eigenvalue weighted by atomic mass is 16.5. The topological polar surface area (TPSA) is 64.4 Å². The molecule has 18 heavy (non-hydrogen) atoms. The molecule has 1 fully saturated rings. The van der Waals surface area contributed by atoms with Crippen LogP contribution in [0.1, 0.15) is 30.0 Å². The summed E-state index contributed by atoms with van der Waals surface area (Å²) < 4.78 is 5.49. The van der Waals surface area contributed by atoms with E-state index >= 15 is 0 Å². The Morgan fingerprint density at radius 2 is 2.33 bits per heavy atom. The summed E-state index contributed by atoms with van der Waals surface area (Å²) in [6.45, 7) is 1.60. The molecule has 2 heterocycles.